The Morgan fingerprint density at radius 2 is 1.85 bits per heavy atom. The maximum Gasteiger partial charge on any atom is 0.382 e. The standard InChI is InChI=1S/C26H41NO5Si/c1-9-20(19-21-11-14-22(30-5)15-12-21)13-16-23(32-33(7,8)25(2,3)4)26(24(28)31-6)17-10-18-27(26)29/h11-16,18,20,23H,9-10,17,19H2,1-8H3/b16-13+/t20?,23?,26-/m1/s1. The monoisotopic (exact) mass is 475 g/mol. The second kappa shape index (κ2) is 10.9. The van der Waals surface area contributed by atoms with Crippen molar-refractivity contribution in [1.82, 2.24) is 0 Å². The van der Waals surface area contributed by atoms with Crippen molar-refractivity contribution in [2.45, 2.75) is 83.2 Å². The van der Waals surface area contributed by atoms with Crippen LogP contribution in [0, 0.1) is 11.1 Å². The van der Waals surface area contributed by atoms with E-state index in [4.69, 9.17) is 13.9 Å². The van der Waals surface area contributed by atoms with Crippen LogP contribution >= 0.6 is 0 Å². The molecule has 2 rings (SSSR count). The molecule has 0 N–H and O–H groups in total. The van der Waals surface area contributed by atoms with Crippen LogP contribution in [0.5, 0.6) is 5.75 Å². The van der Waals surface area contributed by atoms with Crippen LogP contribution in [-0.2, 0) is 20.4 Å². The highest BCUT2D eigenvalue weighted by atomic mass is 28.4. The molecule has 0 aliphatic carbocycles. The molecule has 3 atom stereocenters. The van der Waals surface area contributed by atoms with Gasteiger partial charge in [-0.15, -0.1) is 0 Å². The molecular weight excluding hydrogens is 434 g/mol. The Kier molecular flexibility index (Phi) is 8.93. The lowest BCUT2D eigenvalue weighted by Gasteiger charge is -2.42. The summed E-state index contributed by atoms with van der Waals surface area (Å²) >= 11 is 0. The highest BCUT2D eigenvalue weighted by Gasteiger charge is 2.59. The molecule has 0 spiro atoms. The van der Waals surface area contributed by atoms with E-state index in [-0.39, 0.29) is 11.0 Å². The molecule has 1 aliphatic heterocycles. The molecule has 0 fully saturated rings. The lowest BCUT2D eigenvalue weighted by atomic mass is 9.88. The number of hydrogen-bond acceptors (Lipinski definition) is 5. The van der Waals surface area contributed by atoms with Gasteiger partial charge in [0.25, 0.3) is 5.54 Å². The van der Waals surface area contributed by atoms with Crippen molar-refractivity contribution in [3.05, 3.63) is 47.2 Å². The van der Waals surface area contributed by atoms with Crippen molar-refractivity contribution < 1.29 is 23.4 Å². The first-order chi connectivity index (χ1) is 15.4. The van der Waals surface area contributed by atoms with Gasteiger partial charge in [-0.1, -0.05) is 52.0 Å². The molecule has 1 aliphatic rings. The molecule has 1 heterocycles. The SMILES string of the molecule is CCC(/C=C/C(O[Si](C)(C)C(C)(C)C)[C@@]1(C(=O)OC)CCC=[N+]1[O-])Cc1ccc(OC)cc1. The molecule has 1 aromatic carbocycles. The van der Waals surface area contributed by atoms with Crippen LogP contribution in [0.2, 0.25) is 18.1 Å². The summed E-state index contributed by atoms with van der Waals surface area (Å²) in [4.78, 5) is 13.0. The van der Waals surface area contributed by atoms with E-state index in [1.807, 2.05) is 18.2 Å². The zero-order valence-corrected chi connectivity index (χ0v) is 22.5. The number of carbonyl (C=O) groups is 1. The van der Waals surface area contributed by atoms with Gasteiger partial charge < -0.3 is 19.1 Å². The number of nitrogens with zero attached hydrogens (tertiary/aromatic N) is 1. The number of hydroxylamine groups is 1. The second-order valence-corrected chi connectivity index (χ2v) is 15.1. The Morgan fingerprint density at radius 1 is 1.21 bits per heavy atom. The Morgan fingerprint density at radius 3 is 2.30 bits per heavy atom. The zero-order chi connectivity index (χ0) is 24.9. The van der Waals surface area contributed by atoms with Gasteiger partial charge in [0.15, 0.2) is 14.5 Å². The maximum atomic E-state index is 13.0. The Balaban J connectivity index is 2.40. The molecule has 0 aromatic heterocycles. The second-order valence-electron chi connectivity index (χ2n) is 10.4. The van der Waals surface area contributed by atoms with E-state index >= 15 is 0 Å². The summed E-state index contributed by atoms with van der Waals surface area (Å²) in [6.07, 6.45) is 7.57. The quantitative estimate of drug-likeness (QED) is 0.147. The van der Waals surface area contributed by atoms with Crippen LogP contribution in [-0.4, -0.2) is 51.1 Å². The van der Waals surface area contributed by atoms with E-state index in [2.05, 4.69) is 59.0 Å². The van der Waals surface area contributed by atoms with E-state index in [1.54, 1.807) is 7.11 Å². The van der Waals surface area contributed by atoms with Crippen LogP contribution in [0.25, 0.3) is 0 Å². The third-order valence-electron chi connectivity index (χ3n) is 7.19. The minimum atomic E-state index is -2.29. The summed E-state index contributed by atoms with van der Waals surface area (Å²) in [5.41, 5.74) is -0.185. The van der Waals surface area contributed by atoms with Gasteiger partial charge in [-0.05, 0) is 54.6 Å². The summed E-state index contributed by atoms with van der Waals surface area (Å²) in [6.45, 7) is 12.9. The average molecular weight is 476 g/mol. The van der Waals surface area contributed by atoms with Gasteiger partial charge in [0.2, 0.25) is 0 Å². The number of allylic oxidation sites excluding steroid dienone is 1. The predicted molar refractivity (Wildman–Crippen MR) is 135 cm³/mol. The predicted octanol–water partition coefficient (Wildman–Crippen LogP) is 5.50. The summed E-state index contributed by atoms with van der Waals surface area (Å²) in [5, 5.41) is 12.9. The first-order valence-corrected chi connectivity index (χ1v) is 14.7. The van der Waals surface area contributed by atoms with Crippen molar-refractivity contribution in [3.63, 3.8) is 0 Å². The number of methoxy groups -OCH3 is 2. The lowest BCUT2D eigenvalue weighted by Crippen LogP contribution is -2.59. The normalized spacial score (nSPS) is 21.0. The minimum Gasteiger partial charge on any atom is -0.623 e. The number of carbonyl (C=O) groups excluding carboxylic acids is 1. The minimum absolute atomic E-state index is 0.0698. The fraction of sp³-hybridized carbons (Fsp3) is 0.615. The van der Waals surface area contributed by atoms with Gasteiger partial charge in [0.05, 0.1) is 14.2 Å². The van der Waals surface area contributed by atoms with E-state index in [1.165, 1.54) is 18.9 Å². The van der Waals surface area contributed by atoms with E-state index in [0.29, 0.717) is 12.8 Å². The molecule has 1 aromatic rings. The van der Waals surface area contributed by atoms with Gasteiger partial charge in [-0.3, -0.25) is 0 Å². The van der Waals surface area contributed by atoms with Crippen LogP contribution < -0.4 is 4.74 Å². The molecule has 6 nitrogen and oxygen atoms in total. The highest BCUT2D eigenvalue weighted by molar-refractivity contribution is 6.74. The zero-order valence-electron chi connectivity index (χ0n) is 21.5. The molecule has 0 radical (unpaired) electrons. The van der Waals surface area contributed by atoms with Crippen molar-refractivity contribution in [2.24, 2.45) is 5.92 Å². The topological polar surface area (TPSA) is 70.8 Å². The van der Waals surface area contributed by atoms with Gasteiger partial charge in [-0.2, -0.15) is 4.74 Å². The van der Waals surface area contributed by atoms with Gasteiger partial charge in [-0.25, -0.2) is 4.79 Å². The fourth-order valence-corrected chi connectivity index (χ4v) is 5.15. The molecule has 7 heteroatoms. The average Bonchev–Trinajstić information content (AvgIpc) is 3.16. The molecule has 184 valence electrons. The Bertz CT molecular complexity index is 856. The summed E-state index contributed by atoms with van der Waals surface area (Å²) < 4.78 is 17.9. The van der Waals surface area contributed by atoms with Gasteiger partial charge >= 0.3 is 5.97 Å². The largest absolute Gasteiger partial charge is 0.623 e. The van der Waals surface area contributed by atoms with Gasteiger partial charge in [0, 0.05) is 12.8 Å². The highest BCUT2D eigenvalue weighted by Crippen LogP contribution is 2.41. The molecule has 0 saturated carbocycles. The molecule has 2 unspecified atom stereocenters. The molecule has 0 saturated heterocycles. The third kappa shape index (κ3) is 6.06. The molecule has 0 amide bonds. The molecular formula is C26H41NO5Si. The number of ether oxygens (including phenoxy) is 2. The van der Waals surface area contributed by atoms with Gasteiger partial charge in [0.1, 0.15) is 11.9 Å². The first kappa shape index (κ1) is 27.1. The number of benzene rings is 1. The summed E-state index contributed by atoms with van der Waals surface area (Å²) in [5.74, 6) is 0.533. The molecule has 0 bridgehead atoms. The number of rotatable bonds is 10. The molecule has 33 heavy (non-hydrogen) atoms. The summed E-state index contributed by atoms with van der Waals surface area (Å²) in [6, 6.07) is 8.07. The Labute approximate surface area is 200 Å². The van der Waals surface area contributed by atoms with Crippen molar-refractivity contribution in [2.75, 3.05) is 14.2 Å². The third-order valence-corrected chi connectivity index (χ3v) is 11.6. The Hall–Kier alpha value is -2.12. The van der Waals surface area contributed by atoms with Crippen LogP contribution in [0.1, 0.15) is 52.5 Å². The van der Waals surface area contributed by atoms with Crippen molar-refractivity contribution in [3.8, 4) is 5.75 Å². The van der Waals surface area contributed by atoms with E-state index in [9.17, 15) is 10.0 Å². The van der Waals surface area contributed by atoms with Crippen LogP contribution in [0.3, 0.4) is 0 Å². The maximum absolute atomic E-state index is 13.0. The van der Waals surface area contributed by atoms with Crippen LogP contribution in [0.15, 0.2) is 36.4 Å². The number of hydrogen-bond donors (Lipinski definition) is 0. The van der Waals surface area contributed by atoms with Crippen molar-refractivity contribution >= 4 is 20.5 Å². The smallest absolute Gasteiger partial charge is 0.382 e. The first-order valence-electron chi connectivity index (χ1n) is 11.8. The number of esters is 1. The summed E-state index contributed by atoms with van der Waals surface area (Å²) in [7, 11) is 0.704. The fourth-order valence-electron chi connectivity index (χ4n) is 3.89. The van der Waals surface area contributed by atoms with Crippen LogP contribution in [0.4, 0.5) is 0 Å². The van der Waals surface area contributed by atoms with Crippen molar-refractivity contribution in [1.29, 1.82) is 0 Å². The van der Waals surface area contributed by atoms with E-state index < -0.39 is 25.9 Å². The van der Waals surface area contributed by atoms with E-state index in [0.717, 1.165) is 23.3 Å². The lowest BCUT2D eigenvalue weighted by molar-refractivity contribution is -0.532.